The van der Waals surface area contributed by atoms with Crippen molar-refractivity contribution in [1.29, 1.82) is 0 Å². The van der Waals surface area contributed by atoms with Crippen LogP contribution in [0.3, 0.4) is 0 Å². The lowest BCUT2D eigenvalue weighted by Crippen LogP contribution is -2.57. The van der Waals surface area contributed by atoms with E-state index in [4.69, 9.17) is 4.74 Å². The molecule has 1 aliphatic heterocycles. The number of carbonyl (C=O) groups is 2. The minimum Gasteiger partial charge on any atom is -0.385 e. The minimum absolute atomic E-state index is 0.0108. The van der Waals surface area contributed by atoms with Gasteiger partial charge in [-0.25, -0.2) is 0 Å². The van der Waals surface area contributed by atoms with Crippen LogP contribution in [-0.2, 0) is 14.3 Å². The van der Waals surface area contributed by atoms with Crippen molar-refractivity contribution in [2.24, 2.45) is 0 Å². The fraction of sp³-hybridized carbons (Fsp3) is 0.857. The van der Waals surface area contributed by atoms with E-state index in [9.17, 15) is 9.59 Å². The van der Waals surface area contributed by atoms with Crippen LogP contribution in [0.5, 0.6) is 0 Å². The van der Waals surface area contributed by atoms with Crippen molar-refractivity contribution in [1.82, 2.24) is 10.2 Å². The summed E-state index contributed by atoms with van der Waals surface area (Å²) >= 11 is 0. The van der Waals surface area contributed by atoms with Crippen LogP contribution in [0.25, 0.3) is 0 Å². The molecule has 19 heavy (non-hydrogen) atoms. The number of nitrogens with one attached hydrogen (secondary N) is 1. The Balaban J connectivity index is 2.14. The van der Waals surface area contributed by atoms with Crippen LogP contribution in [0.1, 0.15) is 45.4 Å². The lowest BCUT2D eigenvalue weighted by Gasteiger charge is -2.35. The standard InChI is InChI=1S/C14H24N2O3/c1-11(6-10-19-2)16-9-5-12(17)15-14(13(16)18)7-3-4-8-14/h11H,3-10H2,1-2H3,(H,15,17). The number of ether oxygens (including phenoxy) is 1. The van der Waals surface area contributed by atoms with Gasteiger partial charge in [-0.15, -0.1) is 0 Å². The largest absolute Gasteiger partial charge is 0.385 e. The summed E-state index contributed by atoms with van der Waals surface area (Å²) in [7, 11) is 1.67. The Morgan fingerprint density at radius 1 is 1.37 bits per heavy atom. The van der Waals surface area contributed by atoms with Crippen molar-refractivity contribution >= 4 is 11.8 Å². The number of methoxy groups -OCH3 is 1. The highest BCUT2D eigenvalue weighted by Gasteiger charge is 2.47. The average molecular weight is 268 g/mol. The maximum atomic E-state index is 12.8. The van der Waals surface area contributed by atoms with E-state index in [0.717, 1.165) is 32.1 Å². The Morgan fingerprint density at radius 2 is 2.05 bits per heavy atom. The SMILES string of the molecule is COCCC(C)N1CCC(=O)NC2(CCCC2)C1=O. The fourth-order valence-corrected chi connectivity index (χ4v) is 3.16. The molecule has 0 bridgehead atoms. The van der Waals surface area contributed by atoms with Crippen LogP contribution in [0.2, 0.25) is 0 Å². The van der Waals surface area contributed by atoms with Gasteiger partial charge in [-0.1, -0.05) is 12.8 Å². The Hall–Kier alpha value is -1.10. The van der Waals surface area contributed by atoms with Crippen molar-refractivity contribution in [3.8, 4) is 0 Å². The highest BCUT2D eigenvalue weighted by Crippen LogP contribution is 2.33. The number of nitrogens with zero attached hydrogens (tertiary/aromatic N) is 1. The third-order valence-corrected chi connectivity index (χ3v) is 4.36. The van der Waals surface area contributed by atoms with E-state index < -0.39 is 5.54 Å². The van der Waals surface area contributed by atoms with E-state index >= 15 is 0 Å². The summed E-state index contributed by atoms with van der Waals surface area (Å²) in [5.41, 5.74) is -0.616. The van der Waals surface area contributed by atoms with Crippen molar-refractivity contribution < 1.29 is 14.3 Å². The molecule has 5 heteroatoms. The number of amides is 2. The Labute approximate surface area is 114 Å². The molecule has 1 saturated carbocycles. The third kappa shape index (κ3) is 2.91. The first-order valence-corrected chi connectivity index (χ1v) is 7.20. The van der Waals surface area contributed by atoms with Crippen molar-refractivity contribution in [3.63, 3.8) is 0 Å². The fourth-order valence-electron chi connectivity index (χ4n) is 3.16. The second-order valence-electron chi connectivity index (χ2n) is 5.72. The third-order valence-electron chi connectivity index (χ3n) is 4.36. The molecular weight excluding hydrogens is 244 g/mol. The maximum Gasteiger partial charge on any atom is 0.248 e. The van der Waals surface area contributed by atoms with Crippen LogP contribution in [0, 0.1) is 0 Å². The van der Waals surface area contributed by atoms with Gasteiger partial charge in [-0.05, 0) is 26.2 Å². The summed E-state index contributed by atoms with van der Waals surface area (Å²) in [6.45, 7) is 3.20. The summed E-state index contributed by atoms with van der Waals surface area (Å²) in [6.07, 6.45) is 4.83. The molecule has 1 N–H and O–H groups in total. The molecular formula is C14H24N2O3. The molecule has 2 aliphatic rings. The van der Waals surface area contributed by atoms with Crippen LogP contribution in [-0.4, -0.2) is 48.6 Å². The zero-order chi connectivity index (χ0) is 13.9. The highest BCUT2D eigenvalue weighted by atomic mass is 16.5. The molecule has 0 aromatic rings. The van der Waals surface area contributed by atoms with Gasteiger partial charge < -0.3 is 15.0 Å². The first-order valence-electron chi connectivity index (χ1n) is 7.20. The molecule has 1 spiro atoms. The number of carbonyl (C=O) groups excluding carboxylic acids is 2. The molecule has 5 nitrogen and oxygen atoms in total. The molecule has 108 valence electrons. The Morgan fingerprint density at radius 3 is 2.68 bits per heavy atom. The Kier molecular flexibility index (Phi) is 4.45. The zero-order valence-electron chi connectivity index (χ0n) is 11.9. The zero-order valence-corrected chi connectivity index (χ0v) is 11.9. The topological polar surface area (TPSA) is 58.6 Å². The molecule has 2 amide bonds. The average Bonchev–Trinajstić information content (AvgIpc) is 2.81. The molecule has 1 aliphatic carbocycles. The molecule has 0 radical (unpaired) electrons. The summed E-state index contributed by atoms with van der Waals surface area (Å²) in [5, 5.41) is 2.98. The molecule has 0 aromatic carbocycles. The van der Waals surface area contributed by atoms with E-state index in [1.807, 2.05) is 11.8 Å². The monoisotopic (exact) mass is 268 g/mol. The second-order valence-corrected chi connectivity index (χ2v) is 5.72. The first-order chi connectivity index (χ1) is 9.09. The smallest absolute Gasteiger partial charge is 0.248 e. The quantitative estimate of drug-likeness (QED) is 0.830. The van der Waals surface area contributed by atoms with Crippen LogP contribution < -0.4 is 5.32 Å². The Bertz CT molecular complexity index is 351. The predicted octanol–water partition coefficient (Wildman–Crippen LogP) is 1.07. The summed E-state index contributed by atoms with van der Waals surface area (Å²) in [5.74, 6) is 0.121. The second kappa shape index (κ2) is 5.90. The lowest BCUT2D eigenvalue weighted by molar-refractivity contribution is -0.140. The lowest BCUT2D eigenvalue weighted by atomic mass is 9.95. The van der Waals surface area contributed by atoms with Gasteiger partial charge in [0.2, 0.25) is 11.8 Å². The minimum atomic E-state index is -0.616. The number of hydrogen-bond acceptors (Lipinski definition) is 3. The molecule has 1 atom stereocenters. The van der Waals surface area contributed by atoms with Gasteiger partial charge in [-0.2, -0.15) is 0 Å². The normalized spacial score (nSPS) is 24.4. The van der Waals surface area contributed by atoms with Gasteiger partial charge in [0, 0.05) is 32.7 Å². The molecule has 0 aromatic heterocycles. The summed E-state index contributed by atoms with van der Waals surface area (Å²) in [4.78, 5) is 26.5. The molecule has 1 heterocycles. The first kappa shape index (κ1) is 14.3. The molecule has 2 fully saturated rings. The number of hydrogen-bond donors (Lipinski definition) is 1. The van der Waals surface area contributed by atoms with E-state index in [-0.39, 0.29) is 17.9 Å². The van der Waals surface area contributed by atoms with Crippen molar-refractivity contribution in [2.45, 2.75) is 57.0 Å². The molecule has 2 rings (SSSR count). The molecule has 1 saturated heterocycles. The van der Waals surface area contributed by atoms with Gasteiger partial charge in [0.05, 0.1) is 0 Å². The van der Waals surface area contributed by atoms with Gasteiger partial charge in [0.25, 0.3) is 0 Å². The van der Waals surface area contributed by atoms with E-state index in [0.29, 0.717) is 19.6 Å². The summed E-state index contributed by atoms with van der Waals surface area (Å²) < 4.78 is 5.09. The van der Waals surface area contributed by atoms with Crippen molar-refractivity contribution in [3.05, 3.63) is 0 Å². The van der Waals surface area contributed by atoms with E-state index in [2.05, 4.69) is 5.32 Å². The van der Waals surface area contributed by atoms with Crippen molar-refractivity contribution in [2.75, 3.05) is 20.3 Å². The number of rotatable bonds is 4. The predicted molar refractivity (Wildman–Crippen MR) is 71.6 cm³/mol. The van der Waals surface area contributed by atoms with E-state index in [1.165, 1.54) is 0 Å². The highest BCUT2D eigenvalue weighted by molar-refractivity contribution is 5.94. The molecule has 1 unspecified atom stereocenters. The van der Waals surface area contributed by atoms with Crippen LogP contribution in [0.4, 0.5) is 0 Å². The van der Waals surface area contributed by atoms with Gasteiger partial charge in [0.1, 0.15) is 5.54 Å². The maximum absolute atomic E-state index is 12.8. The van der Waals surface area contributed by atoms with Gasteiger partial charge in [-0.3, -0.25) is 9.59 Å². The van der Waals surface area contributed by atoms with Gasteiger partial charge >= 0.3 is 0 Å². The summed E-state index contributed by atoms with van der Waals surface area (Å²) in [6, 6.07) is 0.123. The van der Waals surface area contributed by atoms with Crippen LogP contribution >= 0.6 is 0 Å². The van der Waals surface area contributed by atoms with Gasteiger partial charge in [0.15, 0.2) is 0 Å². The van der Waals surface area contributed by atoms with E-state index in [1.54, 1.807) is 7.11 Å². The van der Waals surface area contributed by atoms with Crippen LogP contribution in [0.15, 0.2) is 0 Å².